The molecule has 0 unspecified atom stereocenters. The summed E-state index contributed by atoms with van der Waals surface area (Å²) in [7, 11) is 0. The molecule has 0 radical (unpaired) electrons. The van der Waals surface area contributed by atoms with Gasteiger partial charge in [-0.3, -0.25) is 4.79 Å². The quantitative estimate of drug-likeness (QED) is 0.381. The Balaban J connectivity index is 1.87. The molecule has 0 atom stereocenters. The van der Waals surface area contributed by atoms with Crippen LogP contribution in [0.3, 0.4) is 0 Å². The number of fused-ring (bicyclic) bond motifs is 1. The van der Waals surface area contributed by atoms with Gasteiger partial charge in [0.2, 0.25) is 0 Å². The minimum absolute atomic E-state index is 0.0679. The highest BCUT2D eigenvalue weighted by Gasteiger charge is 2.15. The number of benzene rings is 3. The molecule has 3 aromatic carbocycles. The first-order chi connectivity index (χ1) is 13.0. The van der Waals surface area contributed by atoms with E-state index in [1.807, 2.05) is 18.2 Å². The summed E-state index contributed by atoms with van der Waals surface area (Å²) in [6.07, 6.45) is 0. The number of anilines is 3. The summed E-state index contributed by atoms with van der Waals surface area (Å²) in [6, 6.07) is 24.7. The average Bonchev–Trinajstić information content (AvgIpc) is 3.09. The second-order valence-corrected chi connectivity index (χ2v) is 6.90. The van der Waals surface area contributed by atoms with Gasteiger partial charge in [0.1, 0.15) is 5.58 Å². The molecule has 0 aliphatic carbocycles. The number of ketones is 1. The summed E-state index contributed by atoms with van der Waals surface area (Å²) < 4.78 is 5.64. The number of hydrogen-bond donors (Lipinski definition) is 0. The number of aryl methyl sites for hydroxylation is 2. The average molecular weight is 355 g/mol. The minimum Gasteiger partial charge on any atom is -0.453 e. The van der Waals surface area contributed by atoms with Crippen LogP contribution in [0.15, 0.2) is 77.2 Å². The van der Waals surface area contributed by atoms with Gasteiger partial charge in [0.05, 0.1) is 0 Å². The smallest absolute Gasteiger partial charge is 0.194 e. The molecule has 27 heavy (non-hydrogen) atoms. The normalized spacial score (nSPS) is 10.9. The Bertz CT molecular complexity index is 1060. The Morgan fingerprint density at radius 2 is 1.26 bits per heavy atom. The van der Waals surface area contributed by atoms with E-state index in [1.165, 1.54) is 18.1 Å². The predicted molar refractivity (Wildman–Crippen MR) is 110 cm³/mol. The van der Waals surface area contributed by atoms with Gasteiger partial charge in [0.25, 0.3) is 0 Å². The Morgan fingerprint density at radius 3 is 1.78 bits per heavy atom. The summed E-state index contributed by atoms with van der Waals surface area (Å²) in [5.41, 5.74) is 6.35. The highest BCUT2D eigenvalue weighted by atomic mass is 16.3. The van der Waals surface area contributed by atoms with E-state index in [1.54, 1.807) is 0 Å². The van der Waals surface area contributed by atoms with E-state index in [0.717, 1.165) is 28.0 Å². The fourth-order valence-corrected chi connectivity index (χ4v) is 3.18. The SMILES string of the molecule is CC(=O)c1cc2cc(N(c3ccc(C)cc3)c3ccc(C)cc3)ccc2o1. The fraction of sp³-hybridized carbons (Fsp3) is 0.125. The van der Waals surface area contributed by atoms with Crippen LogP contribution in [0.1, 0.15) is 28.6 Å². The van der Waals surface area contributed by atoms with Crippen LogP contribution in [-0.4, -0.2) is 5.78 Å². The van der Waals surface area contributed by atoms with E-state index in [9.17, 15) is 4.79 Å². The van der Waals surface area contributed by atoms with E-state index >= 15 is 0 Å². The molecule has 0 saturated heterocycles. The number of carbonyl (C=O) groups is 1. The summed E-state index contributed by atoms with van der Waals surface area (Å²) in [6.45, 7) is 5.69. The van der Waals surface area contributed by atoms with Gasteiger partial charge in [-0.25, -0.2) is 0 Å². The van der Waals surface area contributed by atoms with Crippen molar-refractivity contribution in [2.45, 2.75) is 20.8 Å². The molecule has 0 aliphatic heterocycles. The molecule has 0 amide bonds. The van der Waals surface area contributed by atoms with Crippen LogP contribution in [0.4, 0.5) is 17.1 Å². The Kier molecular flexibility index (Phi) is 4.28. The zero-order chi connectivity index (χ0) is 19.0. The maximum Gasteiger partial charge on any atom is 0.194 e. The first kappa shape index (κ1) is 17.1. The molecule has 3 nitrogen and oxygen atoms in total. The van der Waals surface area contributed by atoms with Crippen LogP contribution in [0.25, 0.3) is 11.0 Å². The summed E-state index contributed by atoms with van der Waals surface area (Å²) in [5, 5.41) is 0.918. The highest BCUT2D eigenvalue weighted by Crippen LogP contribution is 2.36. The van der Waals surface area contributed by atoms with Crippen molar-refractivity contribution >= 4 is 33.8 Å². The lowest BCUT2D eigenvalue weighted by Gasteiger charge is -2.25. The fourth-order valence-electron chi connectivity index (χ4n) is 3.18. The molecule has 0 fully saturated rings. The molecular weight excluding hydrogens is 334 g/mol. The largest absolute Gasteiger partial charge is 0.453 e. The monoisotopic (exact) mass is 355 g/mol. The summed E-state index contributed by atoms with van der Waals surface area (Å²) in [5.74, 6) is 0.320. The van der Waals surface area contributed by atoms with E-state index in [2.05, 4.69) is 73.3 Å². The van der Waals surface area contributed by atoms with Crippen molar-refractivity contribution in [3.8, 4) is 0 Å². The van der Waals surface area contributed by atoms with Gasteiger partial charge in [0, 0.05) is 29.4 Å². The van der Waals surface area contributed by atoms with Crippen molar-refractivity contribution < 1.29 is 9.21 Å². The molecule has 1 heterocycles. The molecule has 4 rings (SSSR count). The van der Waals surface area contributed by atoms with Gasteiger partial charge in [-0.05, 0) is 62.4 Å². The molecule has 0 aliphatic rings. The van der Waals surface area contributed by atoms with Gasteiger partial charge in [-0.15, -0.1) is 0 Å². The molecule has 0 N–H and O–H groups in total. The minimum atomic E-state index is -0.0679. The lowest BCUT2D eigenvalue weighted by molar-refractivity contribution is 0.0989. The van der Waals surface area contributed by atoms with Crippen molar-refractivity contribution in [3.63, 3.8) is 0 Å². The van der Waals surface area contributed by atoms with Gasteiger partial charge in [0.15, 0.2) is 11.5 Å². The second kappa shape index (κ2) is 6.76. The molecular formula is C24H21NO2. The molecule has 134 valence electrons. The van der Waals surface area contributed by atoms with Crippen LogP contribution >= 0.6 is 0 Å². The third-order valence-electron chi connectivity index (χ3n) is 4.69. The number of furan rings is 1. The topological polar surface area (TPSA) is 33.5 Å². The van der Waals surface area contributed by atoms with Crippen LogP contribution in [-0.2, 0) is 0 Å². The number of Topliss-reactive ketones (excluding diaryl/α,β-unsaturated/α-hetero) is 1. The maximum absolute atomic E-state index is 11.6. The van der Waals surface area contributed by atoms with Gasteiger partial charge in [-0.1, -0.05) is 35.4 Å². The molecule has 0 bridgehead atoms. The molecule has 3 heteroatoms. The Morgan fingerprint density at radius 1 is 0.741 bits per heavy atom. The number of hydrogen-bond acceptors (Lipinski definition) is 3. The maximum atomic E-state index is 11.6. The molecule has 4 aromatic rings. The predicted octanol–water partition coefficient (Wildman–Crippen LogP) is 6.72. The highest BCUT2D eigenvalue weighted by molar-refractivity contribution is 5.97. The Labute approximate surface area is 158 Å². The molecule has 1 aromatic heterocycles. The Hall–Kier alpha value is -3.33. The van der Waals surface area contributed by atoms with Crippen LogP contribution < -0.4 is 4.90 Å². The van der Waals surface area contributed by atoms with Crippen molar-refractivity contribution in [2.75, 3.05) is 4.90 Å². The van der Waals surface area contributed by atoms with Gasteiger partial charge < -0.3 is 9.32 Å². The zero-order valence-electron chi connectivity index (χ0n) is 15.7. The number of carbonyl (C=O) groups excluding carboxylic acids is 1. The summed E-state index contributed by atoms with van der Waals surface area (Å²) >= 11 is 0. The number of rotatable bonds is 4. The van der Waals surface area contributed by atoms with Crippen LogP contribution in [0.5, 0.6) is 0 Å². The van der Waals surface area contributed by atoms with Crippen molar-refractivity contribution in [3.05, 3.63) is 89.7 Å². The van der Waals surface area contributed by atoms with Crippen LogP contribution in [0.2, 0.25) is 0 Å². The molecule has 0 spiro atoms. The summed E-state index contributed by atoms with van der Waals surface area (Å²) in [4.78, 5) is 13.8. The lowest BCUT2D eigenvalue weighted by atomic mass is 10.1. The van der Waals surface area contributed by atoms with E-state index < -0.39 is 0 Å². The van der Waals surface area contributed by atoms with Gasteiger partial charge in [-0.2, -0.15) is 0 Å². The standard InChI is InChI=1S/C24H21NO2/c1-16-4-8-20(9-5-16)25(21-10-6-17(2)7-11-21)22-12-13-23-19(14-22)15-24(27-23)18(3)26/h4-15H,1-3H3. The van der Waals surface area contributed by atoms with E-state index in [4.69, 9.17) is 4.42 Å². The number of nitrogens with zero attached hydrogens (tertiary/aromatic N) is 1. The third-order valence-corrected chi connectivity index (χ3v) is 4.69. The van der Waals surface area contributed by atoms with Crippen molar-refractivity contribution in [1.82, 2.24) is 0 Å². The third kappa shape index (κ3) is 3.36. The van der Waals surface area contributed by atoms with E-state index in [-0.39, 0.29) is 5.78 Å². The molecule has 0 saturated carbocycles. The van der Waals surface area contributed by atoms with Crippen molar-refractivity contribution in [1.29, 1.82) is 0 Å². The lowest BCUT2D eigenvalue weighted by Crippen LogP contribution is -2.09. The first-order valence-corrected chi connectivity index (χ1v) is 8.99. The van der Waals surface area contributed by atoms with Crippen molar-refractivity contribution in [2.24, 2.45) is 0 Å². The zero-order valence-corrected chi connectivity index (χ0v) is 15.7. The van der Waals surface area contributed by atoms with E-state index in [0.29, 0.717) is 5.76 Å². The van der Waals surface area contributed by atoms with Crippen LogP contribution in [0, 0.1) is 13.8 Å². The second-order valence-electron chi connectivity index (χ2n) is 6.90. The van der Waals surface area contributed by atoms with Gasteiger partial charge >= 0.3 is 0 Å². The first-order valence-electron chi connectivity index (χ1n) is 8.99.